The van der Waals surface area contributed by atoms with Crippen LogP contribution in [-0.2, 0) is 4.79 Å². The molecule has 0 unspecified atom stereocenters. The third kappa shape index (κ3) is 23.2. The van der Waals surface area contributed by atoms with Gasteiger partial charge in [-0.3, -0.25) is 14.7 Å². The number of halogens is 1. The predicted octanol–water partition coefficient (Wildman–Crippen LogP) is 12.9. The topological polar surface area (TPSA) is 177 Å². The maximum absolute atomic E-state index is 10.6. The second-order valence-electron chi connectivity index (χ2n) is 12.8. The summed E-state index contributed by atoms with van der Waals surface area (Å²) in [5.41, 5.74) is 21.7. The lowest BCUT2D eigenvalue weighted by Gasteiger charge is -1.89. The molecule has 0 radical (unpaired) electrons. The highest BCUT2D eigenvalue weighted by Gasteiger charge is 2.12. The number of aryl methyl sites for hydroxylation is 12. The quantitative estimate of drug-likeness (QED) is 0.0891. The number of H-pyrrole nitrogens is 5. The van der Waals surface area contributed by atoms with E-state index in [0.717, 1.165) is 61.7 Å². The van der Waals surface area contributed by atoms with Crippen molar-refractivity contribution < 1.29 is 9.59 Å². The molecule has 5 aromatic heterocycles. The van der Waals surface area contributed by atoms with Gasteiger partial charge in [0, 0.05) is 52.0 Å². The minimum atomic E-state index is -0.406. The number of amides is 2. The summed E-state index contributed by atoms with van der Waals surface area (Å²) in [5.74, 6) is 0.719. The molecule has 6 heterocycles. The molecule has 0 saturated carbocycles. The van der Waals surface area contributed by atoms with E-state index in [0.29, 0.717) is 12.1 Å². The molecular weight excluding hydrogens is 734 g/mol. The van der Waals surface area contributed by atoms with Crippen molar-refractivity contribution in [3.8, 4) is 0 Å². The van der Waals surface area contributed by atoms with Gasteiger partial charge < -0.3 is 31.0 Å². The van der Waals surface area contributed by atoms with Crippen LogP contribution in [0.3, 0.4) is 0 Å². The summed E-state index contributed by atoms with van der Waals surface area (Å²) in [4.78, 5) is 37.5. The normalized spacial score (nSPS) is 10.0. The van der Waals surface area contributed by atoms with E-state index >= 15 is 0 Å². The van der Waals surface area contributed by atoms with E-state index in [2.05, 4.69) is 67.3 Å². The first-order valence-electron chi connectivity index (χ1n) is 16.5. The Morgan fingerprint density at radius 2 is 1.14 bits per heavy atom. The molecule has 0 fully saturated rings. The summed E-state index contributed by atoms with van der Waals surface area (Å²) in [6, 6.07) is 3.90. The van der Waals surface area contributed by atoms with Crippen molar-refractivity contribution in [1.82, 2.24) is 40.4 Å². The average molecular weight is 821 g/mol. The van der Waals surface area contributed by atoms with Crippen LogP contribution in [0.2, 0.25) is 5.02 Å². The number of primary amides is 1. The molecule has 1 aliphatic heterocycles. The first kappa shape index (κ1) is 67.0. The molecule has 0 atom stereocenters. The number of allylic oxidation sites excluding steroid dienone is 1. The average Bonchev–Trinajstić information content (AvgIpc) is 3.84. The fourth-order valence-corrected chi connectivity index (χ4v) is 4.59. The van der Waals surface area contributed by atoms with E-state index in [9.17, 15) is 9.59 Å². The minimum Gasteiger partial charge on any atom is -0.364 e. The number of aromatic amines is 5. The van der Waals surface area contributed by atoms with Crippen LogP contribution in [0.25, 0.3) is 0 Å². The van der Waals surface area contributed by atoms with Crippen LogP contribution in [0.4, 0.5) is 0 Å². The summed E-state index contributed by atoms with van der Waals surface area (Å²) >= 11 is 5.87. The molecule has 6 rings (SSSR count). The number of hydrogen-bond acceptors (Lipinski definition) is 4. The Kier molecular flexibility index (Phi) is 36.8. The van der Waals surface area contributed by atoms with Crippen LogP contribution >= 0.6 is 11.6 Å². The van der Waals surface area contributed by atoms with E-state index in [1.165, 1.54) is 28.2 Å². The summed E-state index contributed by atoms with van der Waals surface area (Å²) in [5, 5.41) is 10.2. The highest BCUT2D eigenvalue weighted by Crippen LogP contribution is 2.21. The molecule has 12 heteroatoms. The monoisotopic (exact) mass is 820 g/mol. The van der Waals surface area contributed by atoms with Crippen LogP contribution in [0, 0.1) is 90.0 Å². The van der Waals surface area contributed by atoms with E-state index in [1.54, 1.807) is 6.07 Å². The van der Waals surface area contributed by atoms with Crippen LogP contribution in [0.5, 0.6) is 0 Å². The Labute approximate surface area is 354 Å². The van der Waals surface area contributed by atoms with Gasteiger partial charge in [0.05, 0.1) is 16.9 Å². The van der Waals surface area contributed by atoms with Gasteiger partial charge in [-0.25, -0.2) is 4.98 Å². The molecule has 0 aromatic carbocycles. The predicted molar refractivity (Wildman–Crippen MR) is 253 cm³/mol. The molecule has 0 aliphatic carbocycles. The van der Waals surface area contributed by atoms with Crippen LogP contribution in [-0.4, -0.2) is 46.9 Å². The maximum Gasteiger partial charge on any atom is 0.265 e. The minimum absolute atomic E-state index is 0. The van der Waals surface area contributed by atoms with Gasteiger partial charge in [0.25, 0.3) is 5.91 Å². The highest BCUT2D eigenvalue weighted by atomic mass is 35.5. The molecule has 57 heavy (non-hydrogen) atoms. The fraction of sp³-hybridized carbons (Fsp3) is 0.511. The second kappa shape index (κ2) is 31.3. The summed E-state index contributed by atoms with van der Waals surface area (Å²) < 4.78 is 0. The lowest BCUT2D eigenvalue weighted by molar-refractivity contribution is -0.118. The molecule has 5 aromatic rings. The lowest BCUT2D eigenvalue weighted by Crippen LogP contribution is -2.12. The third-order valence-corrected chi connectivity index (χ3v) is 8.83. The third-order valence-electron chi connectivity index (χ3n) is 8.27. The van der Waals surface area contributed by atoms with Gasteiger partial charge in [0.2, 0.25) is 5.91 Å². The second-order valence-corrected chi connectivity index (χ2v) is 13.1. The Bertz CT molecular complexity index is 1720. The molecule has 0 spiro atoms. The number of rotatable bonds is 1. The molecule has 0 saturated heterocycles. The van der Waals surface area contributed by atoms with Crippen LogP contribution in [0.1, 0.15) is 156 Å². The zero-order valence-corrected chi connectivity index (χ0v) is 33.4. The number of imidazole rings is 1. The van der Waals surface area contributed by atoms with Crippen LogP contribution < -0.4 is 11.1 Å². The molecule has 2 amide bonds. The van der Waals surface area contributed by atoms with Crippen molar-refractivity contribution in [2.75, 3.05) is 0 Å². The molecule has 1 aliphatic rings. The van der Waals surface area contributed by atoms with Crippen molar-refractivity contribution >= 4 is 23.4 Å². The maximum atomic E-state index is 10.6. The first-order chi connectivity index (χ1) is 23.1. The summed E-state index contributed by atoms with van der Waals surface area (Å²) in [6.07, 6.45) is 2.40. The van der Waals surface area contributed by atoms with Crippen molar-refractivity contribution in [3.05, 3.63) is 114 Å². The van der Waals surface area contributed by atoms with E-state index in [1.807, 2.05) is 89.3 Å². The van der Waals surface area contributed by atoms with Crippen molar-refractivity contribution in [2.24, 2.45) is 5.73 Å². The van der Waals surface area contributed by atoms with Gasteiger partial charge in [0.1, 0.15) is 11.5 Å². The van der Waals surface area contributed by atoms with Gasteiger partial charge in [-0.05, 0) is 144 Å². The van der Waals surface area contributed by atoms with E-state index < -0.39 is 5.91 Å². The molecule has 11 nitrogen and oxygen atoms in total. The Balaban J connectivity index is -0.000000103. The van der Waals surface area contributed by atoms with Crippen molar-refractivity contribution in [1.29, 1.82) is 0 Å². The SMILES string of the molecule is C.C.C.C.C.C.C.CC1=C(C)NC(=O)C1.Cc1[nH]c(C)c(Cl)c1C.Cc1cc(C(N)=O)[nH]c1C.Cc1cc(C)c(C)[nH]1.Cc1cn[nH]c1C.Cc1nc(C)c(C)[nH]1. The Hall–Kier alpha value is -4.77. The van der Waals surface area contributed by atoms with Crippen molar-refractivity contribution in [3.63, 3.8) is 0 Å². The smallest absolute Gasteiger partial charge is 0.265 e. The lowest BCUT2D eigenvalue weighted by atomic mass is 10.2. The number of nitrogens with one attached hydrogen (secondary N) is 6. The van der Waals surface area contributed by atoms with Gasteiger partial charge >= 0.3 is 0 Å². The first-order valence-corrected chi connectivity index (χ1v) is 16.8. The fourth-order valence-electron chi connectivity index (χ4n) is 4.40. The molecule has 8 N–H and O–H groups in total. The number of carbonyl (C=O) groups is 2. The van der Waals surface area contributed by atoms with Gasteiger partial charge in [-0.1, -0.05) is 63.6 Å². The molecule has 0 bridgehead atoms. The molecular formula is C45H86ClN9O2. The standard InChI is InChI=1S/C7H10ClN.C7H10N2O.C7H11N.C6H10N2.C6H9NO.C5H8N2.7CH4/c1-4-5(2)9-6(3)7(4)8;1-4-3-6(7(8)10)9-5(4)2;1-5-4-6(2)8-7(5)3;1-4-5(2)8-6(3)7-4;1-4-3-6(8)7-5(4)2;1-4-3-6-7-5(4)2;;;;;;;/h9H,1-3H3;3,9H,1-2H3,(H2,8,10);4,8H,1-3H3;1-3H3,(H,7,8);3H2,1-2H3,(H,7,8);3H,1-2H3,(H,6,7);7*1H4. The summed E-state index contributed by atoms with van der Waals surface area (Å²) in [7, 11) is 0. The number of nitrogens with zero attached hydrogens (tertiary/aromatic N) is 2. The number of nitrogens with two attached hydrogens (primary N) is 1. The van der Waals surface area contributed by atoms with E-state index in [-0.39, 0.29) is 57.9 Å². The zero-order valence-electron chi connectivity index (χ0n) is 32.6. The van der Waals surface area contributed by atoms with Gasteiger partial charge in [-0.2, -0.15) is 5.10 Å². The van der Waals surface area contributed by atoms with Gasteiger partial charge in [-0.15, -0.1) is 0 Å². The number of aromatic nitrogens is 7. The van der Waals surface area contributed by atoms with Crippen molar-refractivity contribution in [2.45, 2.75) is 162 Å². The summed E-state index contributed by atoms with van der Waals surface area (Å²) in [6.45, 7) is 30.0. The molecule has 330 valence electrons. The Morgan fingerprint density at radius 3 is 1.26 bits per heavy atom. The highest BCUT2D eigenvalue weighted by molar-refractivity contribution is 6.32. The zero-order chi connectivity index (χ0) is 38.5. The van der Waals surface area contributed by atoms with Crippen LogP contribution in [0.15, 0.2) is 29.6 Å². The van der Waals surface area contributed by atoms with Gasteiger partial charge in [0.15, 0.2) is 0 Å². The van der Waals surface area contributed by atoms with E-state index in [4.69, 9.17) is 17.3 Å². The largest absolute Gasteiger partial charge is 0.364 e. The number of hydrogen-bond donors (Lipinski definition) is 7. The number of carbonyl (C=O) groups excluding carboxylic acids is 2. The Morgan fingerprint density at radius 1 is 0.632 bits per heavy atom.